The Morgan fingerprint density at radius 1 is 1.13 bits per heavy atom. The summed E-state index contributed by atoms with van der Waals surface area (Å²) >= 11 is 0. The van der Waals surface area contributed by atoms with Crippen molar-refractivity contribution in [3.63, 3.8) is 0 Å². The van der Waals surface area contributed by atoms with Gasteiger partial charge in [0.15, 0.2) is 0 Å². The predicted octanol–water partition coefficient (Wildman–Crippen LogP) is -0.0231. The maximum absolute atomic E-state index is 11.5. The lowest BCUT2D eigenvalue weighted by Crippen LogP contribution is -2.41. The number of Topliss-reactive ketones (excluding diaryl/α,β-unsaturated/α-hetero) is 1. The summed E-state index contributed by atoms with van der Waals surface area (Å²) in [6, 6.07) is -1.54. The molecular weight excluding hydrogens is 196 g/mol. The quantitative estimate of drug-likeness (QED) is 0.578. The molecule has 2 unspecified atom stereocenters. The number of carboxylic acids is 1. The van der Waals surface area contributed by atoms with Gasteiger partial charge in [0.05, 0.1) is 6.04 Å². The molecule has 0 bridgehead atoms. The van der Waals surface area contributed by atoms with Gasteiger partial charge in [-0.2, -0.15) is 0 Å². The van der Waals surface area contributed by atoms with Gasteiger partial charge in [-0.3, -0.25) is 9.59 Å². The van der Waals surface area contributed by atoms with Crippen molar-refractivity contribution in [2.45, 2.75) is 39.3 Å². The van der Waals surface area contributed by atoms with Crippen molar-refractivity contribution in [1.29, 1.82) is 0 Å². The molecule has 0 saturated carbocycles. The summed E-state index contributed by atoms with van der Waals surface area (Å²) in [4.78, 5) is 22.1. The average molecular weight is 216 g/mol. The highest BCUT2D eigenvalue weighted by Crippen LogP contribution is 2.11. The predicted molar refractivity (Wildman–Crippen MR) is 57.2 cm³/mol. The van der Waals surface area contributed by atoms with E-state index in [1.54, 1.807) is 6.92 Å². The van der Waals surface area contributed by atoms with Crippen LogP contribution in [0.25, 0.3) is 0 Å². The Kier molecular flexibility index (Phi) is 5.46. The van der Waals surface area contributed by atoms with E-state index in [0.29, 0.717) is 0 Å². The van der Waals surface area contributed by atoms with Gasteiger partial charge in [0.2, 0.25) is 0 Å². The molecule has 0 aliphatic rings. The Morgan fingerprint density at radius 3 is 1.93 bits per heavy atom. The first-order valence-electron chi connectivity index (χ1n) is 5.04. The third-order valence-corrected chi connectivity index (χ3v) is 2.51. The summed E-state index contributed by atoms with van der Waals surface area (Å²) < 4.78 is 0. The molecule has 0 aromatic heterocycles. The fourth-order valence-electron chi connectivity index (χ4n) is 1.20. The van der Waals surface area contributed by atoms with Crippen LogP contribution in [0, 0.1) is 11.8 Å². The van der Waals surface area contributed by atoms with Crippen LogP contribution < -0.4 is 11.5 Å². The molecule has 0 aliphatic heterocycles. The minimum Gasteiger partial charge on any atom is -0.480 e. The molecule has 0 rings (SSSR count). The molecule has 0 aliphatic carbocycles. The Labute approximate surface area is 89.8 Å². The Hall–Kier alpha value is -0.940. The summed E-state index contributed by atoms with van der Waals surface area (Å²) in [6.07, 6.45) is 0.118. The summed E-state index contributed by atoms with van der Waals surface area (Å²) in [6.45, 7) is 5.35. The van der Waals surface area contributed by atoms with Crippen LogP contribution in [-0.2, 0) is 9.59 Å². The number of hydrogen-bond donors (Lipinski definition) is 3. The number of nitrogens with two attached hydrogens (primary N) is 2. The maximum atomic E-state index is 11.5. The lowest BCUT2D eigenvalue weighted by Gasteiger charge is -2.19. The standard InChI is InChI=1S/C10H20N2O3/c1-5(2)8(11)7(13)4-6(3)9(12)10(14)15/h5-6,8-9H,4,11-12H2,1-3H3,(H,14,15)/t6?,8?,9-/m0/s1. The van der Waals surface area contributed by atoms with Crippen molar-refractivity contribution in [2.24, 2.45) is 23.3 Å². The fraction of sp³-hybridized carbons (Fsp3) is 0.800. The monoisotopic (exact) mass is 216 g/mol. The molecule has 0 heterocycles. The van der Waals surface area contributed by atoms with Crippen LogP contribution >= 0.6 is 0 Å². The van der Waals surface area contributed by atoms with E-state index in [2.05, 4.69) is 0 Å². The van der Waals surface area contributed by atoms with E-state index in [1.807, 2.05) is 13.8 Å². The number of rotatable bonds is 6. The van der Waals surface area contributed by atoms with E-state index in [9.17, 15) is 9.59 Å². The van der Waals surface area contributed by atoms with Gasteiger partial charge in [-0.05, 0) is 11.8 Å². The van der Waals surface area contributed by atoms with Gasteiger partial charge in [-0.1, -0.05) is 20.8 Å². The summed E-state index contributed by atoms with van der Waals surface area (Å²) in [5, 5.41) is 8.65. The average Bonchev–Trinajstić information content (AvgIpc) is 2.14. The molecule has 5 heteroatoms. The van der Waals surface area contributed by atoms with Crippen molar-refractivity contribution in [1.82, 2.24) is 0 Å². The lowest BCUT2D eigenvalue weighted by atomic mass is 9.90. The van der Waals surface area contributed by atoms with E-state index in [1.165, 1.54) is 0 Å². The largest absolute Gasteiger partial charge is 0.480 e. The van der Waals surface area contributed by atoms with Gasteiger partial charge in [-0.25, -0.2) is 0 Å². The van der Waals surface area contributed by atoms with Crippen molar-refractivity contribution in [2.75, 3.05) is 0 Å². The minimum absolute atomic E-state index is 0.0609. The zero-order valence-electron chi connectivity index (χ0n) is 9.43. The minimum atomic E-state index is -1.09. The van der Waals surface area contributed by atoms with Gasteiger partial charge in [0, 0.05) is 6.42 Å². The van der Waals surface area contributed by atoms with Crippen molar-refractivity contribution >= 4 is 11.8 Å². The molecule has 5 N–H and O–H groups in total. The molecule has 3 atom stereocenters. The van der Waals surface area contributed by atoms with Crippen LogP contribution in [0.4, 0.5) is 0 Å². The topological polar surface area (TPSA) is 106 Å². The molecule has 0 spiro atoms. The van der Waals surface area contributed by atoms with E-state index in [4.69, 9.17) is 16.6 Å². The van der Waals surface area contributed by atoms with Crippen molar-refractivity contribution in [3.05, 3.63) is 0 Å². The lowest BCUT2D eigenvalue weighted by molar-refractivity contribution is -0.139. The maximum Gasteiger partial charge on any atom is 0.320 e. The number of aliphatic carboxylic acids is 1. The Bertz CT molecular complexity index is 241. The molecule has 0 aromatic carbocycles. The van der Waals surface area contributed by atoms with Crippen LogP contribution in [0.1, 0.15) is 27.2 Å². The molecule has 0 radical (unpaired) electrons. The molecule has 0 amide bonds. The smallest absolute Gasteiger partial charge is 0.320 e. The van der Waals surface area contributed by atoms with Crippen LogP contribution in [0.5, 0.6) is 0 Å². The molecule has 0 saturated heterocycles. The zero-order chi connectivity index (χ0) is 12.2. The number of hydrogen-bond acceptors (Lipinski definition) is 4. The highest BCUT2D eigenvalue weighted by atomic mass is 16.4. The van der Waals surface area contributed by atoms with Crippen LogP contribution in [0.2, 0.25) is 0 Å². The molecule has 0 fully saturated rings. The van der Waals surface area contributed by atoms with E-state index >= 15 is 0 Å². The van der Waals surface area contributed by atoms with E-state index in [0.717, 1.165) is 0 Å². The highest BCUT2D eigenvalue weighted by molar-refractivity contribution is 5.85. The molecular formula is C10H20N2O3. The van der Waals surface area contributed by atoms with E-state index < -0.39 is 18.1 Å². The number of carbonyl (C=O) groups is 2. The molecule has 5 nitrogen and oxygen atoms in total. The normalized spacial score (nSPS) is 17.2. The number of carbonyl (C=O) groups excluding carboxylic acids is 1. The van der Waals surface area contributed by atoms with Crippen LogP contribution in [0.15, 0.2) is 0 Å². The third-order valence-electron chi connectivity index (χ3n) is 2.51. The first-order valence-corrected chi connectivity index (χ1v) is 5.04. The van der Waals surface area contributed by atoms with Gasteiger partial charge < -0.3 is 16.6 Å². The Morgan fingerprint density at radius 2 is 1.60 bits per heavy atom. The summed E-state index contributed by atoms with van der Waals surface area (Å²) in [5.41, 5.74) is 11.0. The zero-order valence-corrected chi connectivity index (χ0v) is 9.43. The van der Waals surface area contributed by atoms with Crippen molar-refractivity contribution < 1.29 is 14.7 Å². The highest BCUT2D eigenvalue weighted by Gasteiger charge is 2.25. The second kappa shape index (κ2) is 5.82. The SMILES string of the molecule is CC(C)C(N)C(=O)CC(C)[C@H](N)C(=O)O. The number of ketones is 1. The number of carboxylic acid groups (broad SMARTS) is 1. The Balaban J connectivity index is 4.24. The molecule has 15 heavy (non-hydrogen) atoms. The first-order chi connectivity index (χ1) is 6.77. The van der Waals surface area contributed by atoms with Crippen molar-refractivity contribution in [3.8, 4) is 0 Å². The van der Waals surface area contributed by atoms with Gasteiger partial charge in [0.1, 0.15) is 11.8 Å². The van der Waals surface area contributed by atoms with Crippen LogP contribution in [-0.4, -0.2) is 28.9 Å². The van der Waals surface area contributed by atoms with Crippen LogP contribution in [0.3, 0.4) is 0 Å². The van der Waals surface area contributed by atoms with E-state index in [-0.39, 0.29) is 24.0 Å². The van der Waals surface area contributed by atoms with Gasteiger partial charge in [0.25, 0.3) is 0 Å². The molecule has 88 valence electrons. The first kappa shape index (κ1) is 14.1. The van der Waals surface area contributed by atoms with Gasteiger partial charge >= 0.3 is 5.97 Å². The second-order valence-electron chi connectivity index (χ2n) is 4.28. The third kappa shape index (κ3) is 4.40. The van der Waals surface area contributed by atoms with Gasteiger partial charge in [-0.15, -0.1) is 0 Å². The summed E-state index contributed by atoms with van der Waals surface area (Å²) in [5.74, 6) is -1.55. The second-order valence-corrected chi connectivity index (χ2v) is 4.28. The fourth-order valence-corrected chi connectivity index (χ4v) is 1.20. The molecule has 0 aromatic rings. The summed E-state index contributed by atoms with van der Waals surface area (Å²) in [7, 11) is 0.